The molecule has 146 valence electrons. The van der Waals surface area contributed by atoms with Gasteiger partial charge in [0, 0.05) is 6.54 Å². The Balaban J connectivity index is 2.31. The molecule has 2 rings (SSSR count). The van der Waals surface area contributed by atoms with Gasteiger partial charge in [0.1, 0.15) is 11.6 Å². The second-order valence-electron chi connectivity index (χ2n) is 7.18. The van der Waals surface area contributed by atoms with E-state index < -0.39 is 39.4 Å². The molecule has 1 aliphatic rings. The SMILES string of the molecule is CC(C)(C)OC(=O)[C@@H]1CCCCN1S(=O)(=O)c1ccc(C(F)(F)F)cc1. The van der Waals surface area contributed by atoms with E-state index in [0.29, 0.717) is 19.3 Å². The minimum absolute atomic E-state index is 0.118. The summed E-state index contributed by atoms with van der Waals surface area (Å²) in [6, 6.07) is 2.30. The fraction of sp³-hybridized carbons (Fsp3) is 0.588. The molecule has 0 saturated carbocycles. The van der Waals surface area contributed by atoms with E-state index in [0.717, 1.165) is 28.6 Å². The van der Waals surface area contributed by atoms with Crippen LogP contribution in [-0.4, -0.2) is 36.9 Å². The third kappa shape index (κ3) is 4.76. The molecule has 26 heavy (non-hydrogen) atoms. The van der Waals surface area contributed by atoms with Gasteiger partial charge in [0.25, 0.3) is 0 Å². The Hall–Kier alpha value is -1.61. The molecule has 1 heterocycles. The van der Waals surface area contributed by atoms with Crippen LogP contribution in [-0.2, 0) is 25.7 Å². The van der Waals surface area contributed by atoms with E-state index in [4.69, 9.17) is 4.74 Å². The van der Waals surface area contributed by atoms with Crippen molar-refractivity contribution in [1.29, 1.82) is 0 Å². The van der Waals surface area contributed by atoms with Crippen LogP contribution in [0.4, 0.5) is 13.2 Å². The predicted molar refractivity (Wildman–Crippen MR) is 88.8 cm³/mol. The Morgan fingerprint density at radius 1 is 1.12 bits per heavy atom. The van der Waals surface area contributed by atoms with Gasteiger partial charge in [-0.1, -0.05) is 0 Å². The minimum Gasteiger partial charge on any atom is -0.459 e. The van der Waals surface area contributed by atoms with Crippen molar-refractivity contribution < 1.29 is 31.1 Å². The van der Waals surface area contributed by atoms with E-state index in [1.54, 1.807) is 20.8 Å². The highest BCUT2D eigenvalue weighted by molar-refractivity contribution is 7.89. The summed E-state index contributed by atoms with van der Waals surface area (Å²) in [7, 11) is -4.11. The Bertz CT molecular complexity index is 752. The first-order valence-electron chi connectivity index (χ1n) is 8.24. The Morgan fingerprint density at radius 2 is 1.69 bits per heavy atom. The first-order valence-corrected chi connectivity index (χ1v) is 9.68. The maximum Gasteiger partial charge on any atom is 0.416 e. The molecule has 1 saturated heterocycles. The summed E-state index contributed by atoms with van der Waals surface area (Å²) < 4.78 is 70.1. The number of benzene rings is 1. The van der Waals surface area contributed by atoms with Crippen molar-refractivity contribution in [3.05, 3.63) is 29.8 Å². The van der Waals surface area contributed by atoms with E-state index in [-0.39, 0.29) is 11.4 Å². The molecule has 1 aromatic carbocycles. The predicted octanol–water partition coefficient (Wildman–Crippen LogP) is 3.59. The number of carbonyl (C=O) groups excluding carboxylic acids is 1. The number of nitrogens with zero attached hydrogens (tertiary/aromatic N) is 1. The summed E-state index contributed by atoms with van der Waals surface area (Å²) in [4.78, 5) is 12.1. The first kappa shape index (κ1) is 20.7. The van der Waals surface area contributed by atoms with Crippen molar-refractivity contribution in [2.75, 3.05) is 6.54 Å². The van der Waals surface area contributed by atoms with Crippen molar-refractivity contribution >= 4 is 16.0 Å². The fourth-order valence-electron chi connectivity index (χ4n) is 2.75. The number of sulfonamides is 1. The number of rotatable bonds is 3. The molecule has 0 aromatic heterocycles. The largest absolute Gasteiger partial charge is 0.459 e. The Labute approximate surface area is 151 Å². The molecular formula is C17H22F3NO4S. The number of hydrogen-bond acceptors (Lipinski definition) is 4. The summed E-state index contributed by atoms with van der Waals surface area (Å²) >= 11 is 0. The maximum absolute atomic E-state index is 12.9. The van der Waals surface area contributed by atoms with Crippen molar-refractivity contribution in [1.82, 2.24) is 4.31 Å². The van der Waals surface area contributed by atoms with Gasteiger partial charge >= 0.3 is 12.1 Å². The first-order chi connectivity index (χ1) is 11.8. The molecule has 0 bridgehead atoms. The third-order valence-electron chi connectivity index (χ3n) is 3.92. The number of ether oxygens (including phenoxy) is 1. The van der Waals surface area contributed by atoms with Crippen LogP contribution in [0.1, 0.15) is 45.6 Å². The van der Waals surface area contributed by atoms with Crippen molar-refractivity contribution in [2.24, 2.45) is 0 Å². The smallest absolute Gasteiger partial charge is 0.416 e. The molecule has 9 heteroatoms. The van der Waals surface area contributed by atoms with Gasteiger partial charge in [-0.25, -0.2) is 8.42 Å². The molecule has 0 unspecified atom stereocenters. The summed E-state index contributed by atoms with van der Waals surface area (Å²) in [6.07, 6.45) is -3.00. The lowest BCUT2D eigenvalue weighted by Gasteiger charge is -2.34. The molecule has 0 spiro atoms. The second-order valence-corrected chi connectivity index (χ2v) is 9.07. The summed E-state index contributed by atoms with van der Waals surface area (Å²) in [5.74, 6) is -0.646. The van der Waals surface area contributed by atoms with E-state index in [1.807, 2.05) is 0 Å². The van der Waals surface area contributed by atoms with Gasteiger partial charge in [-0.05, 0) is 64.3 Å². The van der Waals surface area contributed by atoms with Gasteiger partial charge < -0.3 is 4.74 Å². The van der Waals surface area contributed by atoms with E-state index >= 15 is 0 Å². The zero-order valence-electron chi connectivity index (χ0n) is 14.8. The zero-order chi connectivity index (χ0) is 19.8. The lowest BCUT2D eigenvalue weighted by atomic mass is 10.0. The highest BCUT2D eigenvalue weighted by Gasteiger charge is 2.40. The molecule has 5 nitrogen and oxygen atoms in total. The second kappa shape index (κ2) is 7.19. The summed E-state index contributed by atoms with van der Waals surface area (Å²) in [5.41, 5.74) is -1.70. The molecule has 0 N–H and O–H groups in total. The van der Waals surface area contributed by atoms with Gasteiger partial charge in [-0.2, -0.15) is 17.5 Å². The lowest BCUT2D eigenvalue weighted by Crippen LogP contribution is -2.49. The van der Waals surface area contributed by atoms with Crippen molar-refractivity contribution in [3.63, 3.8) is 0 Å². The molecule has 1 aliphatic heterocycles. The van der Waals surface area contributed by atoms with Gasteiger partial charge in [0.15, 0.2) is 0 Å². The molecular weight excluding hydrogens is 371 g/mol. The highest BCUT2D eigenvalue weighted by atomic mass is 32.2. The summed E-state index contributed by atoms with van der Waals surface area (Å²) in [6.45, 7) is 5.17. The number of esters is 1. The highest BCUT2D eigenvalue weighted by Crippen LogP contribution is 2.32. The topological polar surface area (TPSA) is 63.7 Å². The van der Waals surface area contributed by atoms with Crippen LogP contribution < -0.4 is 0 Å². The van der Waals surface area contributed by atoms with Gasteiger partial charge in [-0.3, -0.25) is 4.79 Å². The Morgan fingerprint density at radius 3 is 2.19 bits per heavy atom. The third-order valence-corrected chi connectivity index (χ3v) is 5.84. The normalized spacial score (nSPS) is 20.0. The summed E-state index contributed by atoms with van der Waals surface area (Å²) in [5, 5.41) is 0. The molecule has 1 atom stereocenters. The number of halogens is 3. The molecule has 1 aromatic rings. The monoisotopic (exact) mass is 393 g/mol. The number of carbonyl (C=O) groups is 1. The van der Waals surface area contributed by atoms with Crippen LogP contribution in [0.2, 0.25) is 0 Å². The molecule has 0 amide bonds. The van der Waals surface area contributed by atoms with Crippen LogP contribution in [0, 0.1) is 0 Å². The van der Waals surface area contributed by atoms with E-state index in [1.165, 1.54) is 0 Å². The number of piperidine rings is 1. The zero-order valence-corrected chi connectivity index (χ0v) is 15.7. The quantitative estimate of drug-likeness (QED) is 0.737. The number of hydrogen-bond donors (Lipinski definition) is 0. The van der Waals surface area contributed by atoms with Gasteiger partial charge in [0.05, 0.1) is 10.5 Å². The van der Waals surface area contributed by atoms with Crippen LogP contribution >= 0.6 is 0 Å². The standard InChI is InChI=1S/C17H22F3NO4S/c1-16(2,3)25-15(22)14-6-4-5-11-21(14)26(23,24)13-9-7-12(8-10-13)17(18,19)20/h7-10,14H,4-6,11H2,1-3H3/t14-/m0/s1. The fourth-order valence-corrected chi connectivity index (χ4v) is 4.40. The van der Waals surface area contributed by atoms with Crippen molar-refractivity contribution in [2.45, 2.75) is 62.7 Å². The molecule has 1 fully saturated rings. The van der Waals surface area contributed by atoms with Crippen molar-refractivity contribution in [3.8, 4) is 0 Å². The van der Waals surface area contributed by atoms with Gasteiger partial charge in [0.2, 0.25) is 10.0 Å². The minimum atomic E-state index is -4.55. The van der Waals surface area contributed by atoms with E-state index in [9.17, 15) is 26.4 Å². The van der Waals surface area contributed by atoms with Crippen LogP contribution in [0.5, 0.6) is 0 Å². The number of alkyl halides is 3. The molecule has 0 aliphatic carbocycles. The molecule has 0 radical (unpaired) electrons. The van der Waals surface area contributed by atoms with Crippen LogP contribution in [0.15, 0.2) is 29.2 Å². The average molecular weight is 393 g/mol. The van der Waals surface area contributed by atoms with Crippen LogP contribution in [0.3, 0.4) is 0 Å². The lowest BCUT2D eigenvalue weighted by molar-refractivity contribution is -0.160. The maximum atomic E-state index is 12.9. The van der Waals surface area contributed by atoms with Crippen LogP contribution in [0.25, 0.3) is 0 Å². The van der Waals surface area contributed by atoms with E-state index in [2.05, 4.69) is 0 Å². The van der Waals surface area contributed by atoms with Gasteiger partial charge in [-0.15, -0.1) is 0 Å². The Kier molecular flexibility index (Phi) is 5.72. The average Bonchev–Trinajstić information content (AvgIpc) is 2.52.